The summed E-state index contributed by atoms with van der Waals surface area (Å²) >= 11 is 2.10. The number of carbonyl (C=O) groups is 3. The van der Waals surface area contributed by atoms with Crippen molar-refractivity contribution in [2.75, 3.05) is 7.11 Å². The summed E-state index contributed by atoms with van der Waals surface area (Å²) in [5, 5.41) is 4.08. The van der Waals surface area contributed by atoms with Crippen LogP contribution in [0.2, 0.25) is 0 Å². The molecule has 0 aromatic heterocycles. The minimum atomic E-state index is -0.834. The fourth-order valence-corrected chi connectivity index (χ4v) is 3.36. The minimum absolute atomic E-state index is 0.161. The van der Waals surface area contributed by atoms with Crippen LogP contribution in [0.1, 0.15) is 16.7 Å². The third-order valence-corrected chi connectivity index (χ3v) is 4.81. The van der Waals surface area contributed by atoms with Gasteiger partial charge in [0.2, 0.25) is 0 Å². The largest absolute Gasteiger partial charge is 0.493 e. The van der Waals surface area contributed by atoms with Crippen LogP contribution in [0.4, 0.5) is 4.79 Å². The van der Waals surface area contributed by atoms with Crippen LogP contribution in [-0.4, -0.2) is 25.0 Å². The molecule has 3 rings (SSSR count). The molecular weight excluding hydrogens is 475 g/mol. The van der Waals surface area contributed by atoms with E-state index in [1.54, 1.807) is 12.1 Å². The van der Waals surface area contributed by atoms with E-state index in [0.717, 1.165) is 9.13 Å². The maximum absolute atomic E-state index is 11.9. The number of nitrogens with one attached hydrogen (secondary N) is 2. The fraction of sp³-hybridized carbons (Fsp3) is 0.150. The Bertz CT molecular complexity index is 961. The molecule has 0 bridgehead atoms. The minimum Gasteiger partial charge on any atom is -0.493 e. The zero-order valence-corrected chi connectivity index (χ0v) is 17.3. The van der Waals surface area contributed by atoms with E-state index in [-0.39, 0.29) is 5.57 Å². The molecule has 1 heterocycles. The highest BCUT2D eigenvalue weighted by Crippen LogP contribution is 2.35. The standard InChI is InChI=1S/C20H17IN2O5/c1-11-3-5-12(6-4-11)10-28-17-15(21)8-13(9-16(17)27-2)7-14-18(24)22-20(26)23-19(14)25/h3-9H,10H2,1-2H3,(H2,22,23,24,25,26). The fourth-order valence-electron chi connectivity index (χ4n) is 2.58. The van der Waals surface area contributed by atoms with Crippen molar-refractivity contribution in [2.24, 2.45) is 0 Å². The molecule has 2 aromatic carbocycles. The van der Waals surface area contributed by atoms with Crippen molar-refractivity contribution < 1.29 is 23.9 Å². The molecule has 0 aliphatic carbocycles. The van der Waals surface area contributed by atoms with Gasteiger partial charge in [-0.1, -0.05) is 29.8 Å². The van der Waals surface area contributed by atoms with Gasteiger partial charge in [-0.15, -0.1) is 0 Å². The molecule has 0 radical (unpaired) electrons. The van der Waals surface area contributed by atoms with Gasteiger partial charge in [0.25, 0.3) is 11.8 Å². The molecule has 0 spiro atoms. The van der Waals surface area contributed by atoms with Gasteiger partial charge >= 0.3 is 6.03 Å². The molecule has 1 aliphatic heterocycles. The van der Waals surface area contributed by atoms with Gasteiger partial charge in [-0.3, -0.25) is 20.2 Å². The average Bonchev–Trinajstić information content (AvgIpc) is 2.64. The van der Waals surface area contributed by atoms with E-state index in [9.17, 15) is 14.4 Å². The van der Waals surface area contributed by atoms with Gasteiger partial charge in [0.05, 0.1) is 10.7 Å². The van der Waals surface area contributed by atoms with E-state index in [0.29, 0.717) is 23.7 Å². The maximum Gasteiger partial charge on any atom is 0.328 e. The Labute approximate surface area is 175 Å². The maximum atomic E-state index is 11.9. The smallest absolute Gasteiger partial charge is 0.328 e. The van der Waals surface area contributed by atoms with E-state index in [1.165, 1.54) is 18.7 Å². The number of carbonyl (C=O) groups excluding carboxylic acids is 3. The first-order chi connectivity index (χ1) is 13.4. The van der Waals surface area contributed by atoms with Gasteiger partial charge in [-0.05, 0) is 58.9 Å². The number of imide groups is 2. The Kier molecular flexibility index (Phi) is 5.98. The van der Waals surface area contributed by atoms with Crippen molar-refractivity contribution in [2.45, 2.75) is 13.5 Å². The second-order valence-electron chi connectivity index (χ2n) is 6.10. The van der Waals surface area contributed by atoms with E-state index in [2.05, 4.69) is 22.6 Å². The number of hydrogen-bond acceptors (Lipinski definition) is 5. The number of hydrogen-bond donors (Lipinski definition) is 2. The number of halogens is 1. The summed E-state index contributed by atoms with van der Waals surface area (Å²) in [6, 6.07) is 10.6. The molecule has 0 saturated carbocycles. The molecule has 0 unspecified atom stereocenters. The van der Waals surface area contributed by atoms with Crippen LogP contribution in [-0.2, 0) is 16.2 Å². The van der Waals surface area contributed by atoms with Crippen molar-refractivity contribution in [3.63, 3.8) is 0 Å². The monoisotopic (exact) mass is 492 g/mol. The van der Waals surface area contributed by atoms with Crippen LogP contribution in [0.5, 0.6) is 11.5 Å². The lowest BCUT2D eigenvalue weighted by atomic mass is 10.1. The average molecular weight is 492 g/mol. The molecule has 1 fully saturated rings. The highest BCUT2D eigenvalue weighted by molar-refractivity contribution is 14.1. The van der Waals surface area contributed by atoms with Crippen LogP contribution >= 0.6 is 22.6 Å². The highest BCUT2D eigenvalue weighted by Gasteiger charge is 2.27. The Hall–Kier alpha value is -2.88. The SMILES string of the molecule is COc1cc(C=C2C(=O)NC(=O)NC2=O)cc(I)c1OCc1ccc(C)cc1. The molecule has 2 N–H and O–H groups in total. The summed E-state index contributed by atoms with van der Waals surface area (Å²) in [5.41, 5.74) is 2.60. The number of ether oxygens (including phenoxy) is 2. The third-order valence-electron chi connectivity index (χ3n) is 4.01. The lowest BCUT2D eigenvalue weighted by molar-refractivity contribution is -0.123. The van der Waals surface area contributed by atoms with E-state index in [4.69, 9.17) is 9.47 Å². The van der Waals surface area contributed by atoms with Gasteiger partial charge in [0, 0.05) is 0 Å². The van der Waals surface area contributed by atoms with Gasteiger partial charge in [0.1, 0.15) is 12.2 Å². The molecule has 1 saturated heterocycles. The molecule has 8 heteroatoms. The molecule has 4 amide bonds. The predicted molar refractivity (Wildman–Crippen MR) is 111 cm³/mol. The van der Waals surface area contributed by atoms with Gasteiger partial charge in [-0.25, -0.2) is 4.79 Å². The summed E-state index contributed by atoms with van der Waals surface area (Å²) in [6.45, 7) is 2.40. The number of amides is 4. The predicted octanol–water partition coefficient (Wildman–Crippen LogP) is 2.94. The van der Waals surface area contributed by atoms with Crippen molar-refractivity contribution in [3.8, 4) is 11.5 Å². The van der Waals surface area contributed by atoms with Crippen LogP contribution in [0.3, 0.4) is 0 Å². The number of rotatable bonds is 5. The second-order valence-corrected chi connectivity index (χ2v) is 7.27. The summed E-state index contributed by atoms with van der Waals surface area (Å²) in [4.78, 5) is 34.9. The molecule has 144 valence electrons. The van der Waals surface area contributed by atoms with E-state index >= 15 is 0 Å². The van der Waals surface area contributed by atoms with Crippen LogP contribution in [0.15, 0.2) is 42.0 Å². The molecule has 0 atom stereocenters. The quantitative estimate of drug-likeness (QED) is 0.381. The topological polar surface area (TPSA) is 93.7 Å². The first-order valence-corrected chi connectivity index (χ1v) is 9.39. The molecule has 1 aliphatic rings. The lowest BCUT2D eigenvalue weighted by Gasteiger charge is -2.16. The zero-order valence-electron chi connectivity index (χ0n) is 15.2. The van der Waals surface area contributed by atoms with Crippen molar-refractivity contribution in [1.82, 2.24) is 10.6 Å². The lowest BCUT2D eigenvalue weighted by Crippen LogP contribution is -2.51. The number of aryl methyl sites for hydroxylation is 1. The number of benzene rings is 2. The van der Waals surface area contributed by atoms with E-state index < -0.39 is 17.8 Å². The first-order valence-electron chi connectivity index (χ1n) is 8.31. The van der Waals surface area contributed by atoms with Gasteiger partial charge in [-0.2, -0.15) is 0 Å². The number of methoxy groups -OCH3 is 1. The Morgan fingerprint density at radius 1 is 1.04 bits per heavy atom. The number of barbiturate groups is 1. The molecular formula is C20H17IN2O5. The summed E-state index contributed by atoms with van der Waals surface area (Å²) in [7, 11) is 1.51. The van der Waals surface area contributed by atoms with Crippen LogP contribution in [0, 0.1) is 10.5 Å². The Morgan fingerprint density at radius 3 is 2.29 bits per heavy atom. The first kappa shape index (κ1) is 19.9. The molecule has 7 nitrogen and oxygen atoms in total. The van der Waals surface area contributed by atoms with Gasteiger partial charge in [0.15, 0.2) is 11.5 Å². The normalized spacial score (nSPS) is 13.7. The van der Waals surface area contributed by atoms with Gasteiger partial charge < -0.3 is 9.47 Å². The third kappa shape index (κ3) is 4.50. The molecule has 2 aromatic rings. The van der Waals surface area contributed by atoms with Crippen molar-refractivity contribution >= 4 is 46.5 Å². The van der Waals surface area contributed by atoms with Crippen molar-refractivity contribution in [3.05, 3.63) is 62.2 Å². The summed E-state index contributed by atoms with van der Waals surface area (Å²) in [5.74, 6) is -0.457. The zero-order chi connectivity index (χ0) is 20.3. The summed E-state index contributed by atoms with van der Waals surface area (Å²) < 4.78 is 12.1. The molecule has 28 heavy (non-hydrogen) atoms. The second kappa shape index (κ2) is 8.42. The Balaban J connectivity index is 1.86. The van der Waals surface area contributed by atoms with Crippen molar-refractivity contribution in [1.29, 1.82) is 0 Å². The highest BCUT2D eigenvalue weighted by atomic mass is 127. The number of urea groups is 1. The Morgan fingerprint density at radius 2 is 1.68 bits per heavy atom. The van der Waals surface area contributed by atoms with Crippen LogP contribution in [0.25, 0.3) is 6.08 Å². The summed E-state index contributed by atoms with van der Waals surface area (Å²) in [6.07, 6.45) is 1.39. The van der Waals surface area contributed by atoms with E-state index in [1.807, 2.05) is 41.8 Å². The van der Waals surface area contributed by atoms with Crippen LogP contribution < -0.4 is 20.1 Å².